The number of Topliss-reactive ketones (excluding diaryl/α,β-unsaturated/α-hetero) is 1. The summed E-state index contributed by atoms with van der Waals surface area (Å²) in [6.45, 7) is 0.222. The summed E-state index contributed by atoms with van der Waals surface area (Å²) in [7, 11) is 0. The van der Waals surface area contributed by atoms with Crippen LogP contribution < -0.4 is 0 Å². The van der Waals surface area contributed by atoms with Gasteiger partial charge in [-0.3, -0.25) is 4.79 Å². The maximum atomic E-state index is 11.9. The van der Waals surface area contributed by atoms with Gasteiger partial charge in [-0.1, -0.05) is 0 Å². The predicted octanol–water partition coefficient (Wildman–Crippen LogP) is 3.38. The van der Waals surface area contributed by atoms with E-state index >= 15 is 0 Å². The highest BCUT2D eigenvalue weighted by molar-refractivity contribution is 9.13. The first-order valence-electron chi connectivity index (χ1n) is 4.33. The zero-order valence-corrected chi connectivity index (χ0v) is 12.6. The minimum Gasteiger partial charge on any atom is -0.359 e. The molecule has 2 aromatic rings. The van der Waals surface area contributed by atoms with E-state index in [1.54, 1.807) is 22.9 Å². The zero-order chi connectivity index (χ0) is 11.7. The molecule has 4 nitrogen and oxygen atoms in total. The van der Waals surface area contributed by atoms with Crippen LogP contribution in [0.5, 0.6) is 0 Å². The van der Waals surface area contributed by atoms with Crippen molar-refractivity contribution in [3.8, 4) is 0 Å². The number of aromatic nitrogens is 3. The molecule has 0 saturated heterocycles. The summed E-state index contributed by atoms with van der Waals surface area (Å²) in [6, 6.07) is 3.54. The molecule has 0 atom stereocenters. The van der Waals surface area contributed by atoms with Crippen molar-refractivity contribution in [2.24, 2.45) is 0 Å². The number of carbonyl (C=O) groups is 1. The first-order chi connectivity index (χ1) is 7.59. The lowest BCUT2D eigenvalue weighted by atomic mass is 10.3. The molecule has 2 aromatic heterocycles. The number of nitrogens with zero attached hydrogens (tertiary/aromatic N) is 2. The summed E-state index contributed by atoms with van der Waals surface area (Å²) in [6.07, 6.45) is 1.72. The number of ketones is 1. The molecule has 16 heavy (non-hydrogen) atoms. The predicted molar refractivity (Wildman–Crippen MR) is 70.5 cm³/mol. The third-order valence-corrected chi connectivity index (χ3v) is 4.51. The Morgan fingerprint density at radius 1 is 1.44 bits per heavy atom. The Labute approximate surface area is 117 Å². The molecule has 7 heteroatoms. The molecule has 0 aliphatic carbocycles. The van der Waals surface area contributed by atoms with Crippen LogP contribution in [0.4, 0.5) is 0 Å². The van der Waals surface area contributed by atoms with Gasteiger partial charge in [0.15, 0.2) is 10.5 Å². The molecule has 0 bridgehead atoms. The molecule has 1 N–H and O–H groups in total. The summed E-state index contributed by atoms with van der Waals surface area (Å²) < 4.78 is 3.73. The van der Waals surface area contributed by atoms with Gasteiger partial charge in [0.25, 0.3) is 0 Å². The van der Waals surface area contributed by atoms with Crippen LogP contribution in [0.15, 0.2) is 32.3 Å². The van der Waals surface area contributed by atoms with Crippen molar-refractivity contribution in [3.63, 3.8) is 0 Å². The lowest BCUT2D eigenvalue weighted by molar-refractivity contribution is 0.0966. The molecule has 0 aliphatic heterocycles. The van der Waals surface area contributed by atoms with E-state index in [9.17, 15) is 4.79 Å². The van der Waals surface area contributed by atoms with Gasteiger partial charge in [0.2, 0.25) is 0 Å². The molecule has 0 amide bonds. The lowest BCUT2D eigenvalue weighted by Crippen LogP contribution is -2.11. The van der Waals surface area contributed by atoms with Crippen LogP contribution in [0, 0.1) is 0 Å². The number of nitrogens with one attached hydrogen (secondary N) is 1. The van der Waals surface area contributed by atoms with Gasteiger partial charge in [-0.05, 0) is 59.9 Å². The van der Waals surface area contributed by atoms with E-state index in [4.69, 9.17) is 0 Å². The summed E-state index contributed by atoms with van der Waals surface area (Å²) in [5.41, 5.74) is 0.587. The van der Waals surface area contributed by atoms with Crippen LogP contribution in [-0.4, -0.2) is 20.3 Å². The van der Waals surface area contributed by atoms with Crippen molar-refractivity contribution in [2.45, 2.75) is 6.54 Å². The molecule has 2 rings (SSSR count). The maximum absolute atomic E-state index is 11.9. The molecule has 0 fully saturated rings. The molecule has 0 unspecified atom stereocenters. The van der Waals surface area contributed by atoms with Crippen LogP contribution in [0.25, 0.3) is 0 Å². The number of aromatic amines is 1. The maximum Gasteiger partial charge on any atom is 0.198 e. The number of hydrogen-bond donors (Lipinski definition) is 1. The summed E-state index contributed by atoms with van der Waals surface area (Å²) in [5.74, 6) is -0.00343. The number of rotatable bonds is 3. The van der Waals surface area contributed by atoms with Crippen LogP contribution in [0.1, 0.15) is 10.5 Å². The number of carbonyl (C=O) groups excluding carboxylic acids is 1. The Kier molecular flexibility index (Phi) is 3.66. The van der Waals surface area contributed by atoms with Crippen molar-refractivity contribution >= 4 is 53.6 Å². The fourth-order valence-electron chi connectivity index (χ4n) is 1.25. The zero-order valence-electron chi connectivity index (χ0n) is 7.88. The van der Waals surface area contributed by atoms with Crippen LogP contribution in [0.2, 0.25) is 0 Å². The van der Waals surface area contributed by atoms with Gasteiger partial charge in [0.05, 0.1) is 12.2 Å². The van der Waals surface area contributed by atoms with Crippen molar-refractivity contribution in [3.05, 3.63) is 38.0 Å². The Bertz CT molecular complexity index is 518. The van der Waals surface area contributed by atoms with E-state index in [0.717, 1.165) is 4.60 Å². The Morgan fingerprint density at radius 3 is 2.69 bits per heavy atom. The number of hydrogen-bond acceptors (Lipinski definition) is 2. The second-order valence-corrected chi connectivity index (χ2v) is 5.27. The molecule has 0 radical (unpaired) electrons. The average molecular weight is 412 g/mol. The fourth-order valence-corrected chi connectivity index (χ4v) is 2.97. The van der Waals surface area contributed by atoms with Gasteiger partial charge in [0.1, 0.15) is 9.21 Å². The largest absolute Gasteiger partial charge is 0.359 e. The lowest BCUT2D eigenvalue weighted by Gasteiger charge is -2.03. The van der Waals surface area contributed by atoms with Gasteiger partial charge in [-0.25, -0.2) is 4.98 Å². The van der Waals surface area contributed by atoms with E-state index < -0.39 is 0 Å². The first kappa shape index (κ1) is 12.1. The first-order valence-corrected chi connectivity index (χ1v) is 6.71. The SMILES string of the molecule is O=C(Cn1c(Br)nc(Br)c1Br)c1ccc[nH]1. The monoisotopic (exact) mass is 409 g/mol. The Balaban J connectivity index is 2.25. The topological polar surface area (TPSA) is 50.7 Å². The molecular formula is C9H6Br3N3O. The van der Waals surface area contributed by atoms with Gasteiger partial charge in [-0.2, -0.15) is 0 Å². The Hall–Kier alpha value is -0.400. The molecular weight excluding hydrogens is 406 g/mol. The highest BCUT2D eigenvalue weighted by Gasteiger charge is 2.15. The van der Waals surface area contributed by atoms with Crippen LogP contribution in [-0.2, 0) is 6.54 Å². The van der Waals surface area contributed by atoms with E-state index in [1.807, 2.05) is 0 Å². The van der Waals surface area contributed by atoms with E-state index in [-0.39, 0.29) is 12.3 Å². The Morgan fingerprint density at radius 2 is 2.19 bits per heavy atom. The summed E-state index contributed by atoms with van der Waals surface area (Å²) in [4.78, 5) is 18.9. The van der Waals surface area contributed by atoms with Gasteiger partial charge < -0.3 is 9.55 Å². The van der Waals surface area contributed by atoms with Crippen LogP contribution in [0.3, 0.4) is 0 Å². The van der Waals surface area contributed by atoms with Gasteiger partial charge >= 0.3 is 0 Å². The molecule has 2 heterocycles. The molecule has 0 aliphatic rings. The quantitative estimate of drug-likeness (QED) is 0.787. The summed E-state index contributed by atoms with van der Waals surface area (Å²) >= 11 is 9.92. The number of halogens is 3. The highest BCUT2D eigenvalue weighted by atomic mass is 79.9. The van der Waals surface area contributed by atoms with Crippen LogP contribution >= 0.6 is 47.8 Å². The van der Waals surface area contributed by atoms with E-state index in [1.165, 1.54) is 0 Å². The molecule has 0 spiro atoms. The van der Waals surface area contributed by atoms with E-state index in [0.29, 0.717) is 15.0 Å². The molecule has 0 saturated carbocycles. The molecule has 0 aromatic carbocycles. The van der Waals surface area contributed by atoms with Crippen molar-refractivity contribution in [2.75, 3.05) is 0 Å². The standard InChI is InChI=1S/C9H6Br3N3O/c10-7-8(11)15(9(12)14-7)4-6(16)5-2-1-3-13-5/h1-3,13H,4H2. The smallest absolute Gasteiger partial charge is 0.198 e. The number of H-pyrrole nitrogens is 1. The average Bonchev–Trinajstić information content (AvgIpc) is 2.83. The molecule has 84 valence electrons. The van der Waals surface area contributed by atoms with Crippen molar-refractivity contribution in [1.29, 1.82) is 0 Å². The van der Waals surface area contributed by atoms with Crippen molar-refractivity contribution < 1.29 is 4.79 Å². The highest BCUT2D eigenvalue weighted by Crippen LogP contribution is 2.26. The minimum absolute atomic E-state index is 0.00343. The third-order valence-electron chi connectivity index (χ3n) is 2.02. The normalized spacial score (nSPS) is 10.7. The second-order valence-electron chi connectivity index (χ2n) is 3.06. The second kappa shape index (κ2) is 4.85. The summed E-state index contributed by atoms with van der Waals surface area (Å²) in [5, 5.41) is 0. The fraction of sp³-hybridized carbons (Fsp3) is 0.111. The minimum atomic E-state index is -0.00343. The van der Waals surface area contributed by atoms with Crippen molar-refractivity contribution in [1.82, 2.24) is 14.5 Å². The van der Waals surface area contributed by atoms with Gasteiger partial charge in [-0.15, -0.1) is 0 Å². The van der Waals surface area contributed by atoms with Gasteiger partial charge in [0, 0.05) is 6.20 Å². The van der Waals surface area contributed by atoms with E-state index in [2.05, 4.69) is 57.8 Å². The third kappa shape index (κ3) is 2.31. The number of imidazole rings is 1.